The van der Waals surface area contributed by atoms with Crippen molar-refractivity contribution in [2.45, 2.75) is 39.5 Å². The van der Waals surface area contributed by atoms with Crippen molar-refractivity contribution in [1.29, 1.82) is 0 Å². The minimum atomic E-state index is -0.427. The molecular weight excluding hydrogens is 243 g/mol. The Kier molecular flexibility index (Phi) is 6.33. The summed E-state index contributed by atoms with van der Waals surface area (Å²) in [5, 5.41) is 2.88. The third kappa shape index (κ3) is 4.89. The van der Waals surface area contributed by atoms with Crippen molar-refractivity contribution in [1.82, 2.24) is 5.32 Å². The number of nitrogens with one attached hydrogen (secondary N) is 1. The maximum Gasteiger partial charge on any atom is 0.253 e. The lowest BCUT2D eigenvalue weighted by atomic mass is 9.99. The molecule has 0 radical (unpaired) electrons. The second-order valence-corrected chi connectivity index (χ2v) is 4.86. The standard InChI is InChI=1S/C15H23FN2O/c1-3-5-6-11(4-2)10-18-15(19)13-8-7-12(16)9-14(13)17/h7-9,11H,3-6,10,17H2,1-2H3,(H,18,19). The van der Waals surface area contributed by atoms with Crippen LogP contribution in [0.3, 0.4) is 0 Å². The van der Waals surface area contributed by atoms with Crippen LogP contribution in [-0.2, 0) is 0 Å². The number of rotatable bonds is 7. The Hall–Kier alpha value is -1.58. The van der Waals surface area contributed by atoms with E-state index < -0.39 is 5.82 Å². The summed E-state index contributed by atoms with van der Waals surface area (Å²) in [7, 11) is 0. The van der Waals surface area contributed by atoms with Crippen LogP contribution in [0.5, 0.6) is 0 Å². The number of nitrogens with two attached hydrogens (primary N) is 1. The van der Waals surface area contributed by atoms with E-state index in [1.54, 1.807) is 0 Å². The number of carbonyl (C=O) groups is 1. The van der Waals surface area contributed by atoms with Gasteiger partial charge in [0.1, 0.15) is 5.82 Å². The molecule has 0 spiro atoms. The highest BCUT2D eigenvalue weighted by molar-refractivity contribution is 5.99. The fourth-order valence-electron chi connectivity index (χ4n) is 2.02. The zero-order chi connectivity index (χ0) is 14.3. The van der Waals surface area contributed by atoms with E-state index in [4.69, 9.17) is 5.73 Å². The van der Waals surface area contributed by atoms with Crippen LogP contribution in [0, 0.1) is 11.7 Å². The average Bonchev–Trinajstić information content (AvgIpc) is 2.38. The Bertz CT molecular complexity index is 421. The quantitative estimate of drug-likeness (QED) is 0.743. The summed E-state index contributed by atoms with van der Waals surface area (Å²) >= 11 is 0. The number of nitrogen functional groups attached to an aromatic ring is 1. The Labute approximate surface area is 114 Å². The summed E-state index contributed by atoms with van der Waals surface area (Å²) in [6.07, 6.45) is 4.49. The molecule has 0 heterocycles. The molecule has 106 valence electrons. The maximum atomic E-state index is 12.9. The van der Waals surface area contributed by atoms with Gasteiger partial charge in [-0.3, -0.25) is 4.79 Å². The van der Waals surface area contributed by atoms with Gasteiger partial charge in [0.05, 0.1) is 5.56 Å². The van der Waals surface area contributed by atoms with Gasteiger partial charge < -0.3 is 11.1 Å². The molecule has 1 atom stereocenters. The molecule has 0 aliphatic rings. The minimum absolute atomic E-state index is 0.180. The molecule has 1 rings (SSSR count). The van der Waals surface area contributed by atoms with Gasteiger partial charge in [0, 0.05) is 12.2 Å². The van der Waals surface area contributed by atoms with Gasteiger partial charge in [0.15, 0.2) is 0 Å². The average molecular weight is 266 g/mol. The van der Waals surface area contributed by atoms with Gasteiger partial charge in [-0.2, -0.15) is 0 Å². The van der Waals surface area contributed by atoms with Crippen molar-refractivity contribution < 1.29 is 9.18 Å². The largest absolute Gasteiger partial charge is 0.398 e. The first-order chi connectivity index (χ1) is 9.08. The molecular formula is C15H23FN2O. The van der Waals surface area contributed by atoms with E-state index in [1.807, 2.05) is 0 Å². The van der Waals surface area contributed by atoms with Crippen molar-refractivity contribution in [3.8, 4) is 0 Å². The minimum Gasteiger partial charge on any atom is -0.398 e. The Balaban J connectivity index is 2.54. The van der Waals surface area contributed by atoms with Crippen molar-refractivity contribution in [3.05, 3.63) is 29.6 Å². The van der Waals surface area contributed by atoms with Crippen LogP contribution in [0.2, 0.25) is 0 Å². The van der Waals surface area contributed by atoms with Gasteiger partial charge in [-0.15, -0.1) is 0 Å². The molecule has 1 aromatic rings. The summed E-state index contributed by atoms with van der Waals surface area (Å²) in [6, 6.07) is 3.84. The molecule has 0 saturated heterocycles. The van der Waals surface area contributed by atoms with E-state index in [0.29, 0.717) is 18.0 Å². The predicted molar refractivity (Wildman–Crippen MR) is 76.5 cm³/mol. The van der Waals surface area contributed by atoms with Crippen LogP contribution in [-0.4, -0.2) is 12.5 Å². The van der Waals surface area contributed by atoms with E-state index in [2.05, 4.69) is 19.2 Å². The molecule has 0 saturated carbocycles. The summed E-state index contributed by atoms with van der Waals surface area (Å²) < 4.78 is 12.9. The van der Waals surface area contributed by atoms with Crippen molar-refractivity contribution in [2.75, 3.05) is 12.3 Å². The first-order valence-electron chi connectivity index (χ1n) is 6.91. The summed E-state index contributed by atoms with van der Waals surface area (Å²) in [6.45, 7) is 4.93. The van der Waals surface area contributed by atoms with E-state index in [1.165, 1.54) is 24.6 Å². The highest BCUT2D eigenvalue weighted by atomic mass is 19.1. The third-order valence-electron chi connectivity index (χ3n) is 3.35. The van der Waals surface area contributed by atoms with Gasteiger partial charge >= 0.3 is 0 Å². The van der Waals surface area contributed by atoms with E-state index in [0.717, 1.165) is 19.3 Å². The lowest BCUT2D eigenvalue weighted by Gasteiger charge is -2.15. The van der Waals surface area contributed by atoms with Crippen LogP contribution in [0.15, 0.2) is 18.2 Å². The molecule has 1 unspecified atom stereocenters. The molecule has 3 nitrogen and oxygen atoms in total. The smallest absolute Gasteiger partial charge is 0.253 e. The SMILES string of the molecule is CCCCC(CC)CNC(=O)c1ccc(F)cc1N. The molecule has 3 N–H and O–H groups in total. The Morgan fingerprint density at radius 2 is 2.16 bits per heavy atom. The third-order valence-corrected chi connectivity index (χ3v) is 3.35. The number of hydrogen-bond donors (Lipinski definition) is 2. The van der Waals surface area contributed by atoms with E-state index >= 15 is 0 Å². The summed E-state index contributed by atoms with van der Waals surface area (Å²) in [4.78, 5) is 12.0. The molecule has 0 fully saturated rings. The molecule has 0 aliphatic carbocycles. The van der Waals surface area contributed by atoms with Gasteiger partial charge in [-0.25, -0.2) is 4.39 Å². The molecule has 4 heteroatoms. The van der Waals surface area contributed by atoms with Gasteiger partial charge in [-0.05, 0) is 30.5 Å². The normalized spacial score (nSPS) is 12.2. The monoisotopic (exact) mass is 266 g/mol. The maximum absolute atomic E-state index is 12.9. The zero-order valence-electron chi connectivity index (χ0n) is 11.7. The Morgan fingerprint density at radius 3 is 2.74 bits per heavy atom. The Morgan fingerprint density at radius 1 is 1.42 bits per heavy atom. The number of benzene rings is 1. The zero-order valence-corrected chi connectivity index (χ0v) is 11.7. The van der Waals surface area contributed by atoms with Crippen molar-refractivity contribution in [3.63, 3.8) is 0 Å². The first kappa shape index (κ1) is 15.5. The fourth-order valence-corrected chi connectivity index (χ4v) is 2.02. The van der Waals surface area contributed by atoms with Gasteiger partial charge in [-0.1, -0.05) is 33.1 Å². The number of hydrogen-bond acceptors (Lipinski definition) is 2. The molecule has 19 heavy (non-hydrogen) atoms. The topological polar surface area (TPSA) is 55.1 Å². The van der Waals surface area contributed by atoms with Crippen LogP contribution < -0.4 is 11.1 Å². The van der Waals surface area contributed by atoms with Crippen molar-refractivity contribution >= 4 is 11.6 Å². The number of anilines is 1. The van der Waals surface area contributed by atoms with Crippen molar-refractivity contribution in [2.24, 2.45) is 5.92 Å². The van der Waals surface area contributed by atoms with E-state index in [-0.39, 0.29) is 11.6 Å². The van der Waals surface area contributed by atoms with E-state index in [9.17, 15) is 9.18 Å². The lowest BCUT2D eigenvalue weighted by Crippen LogP contribution is -2.29. The number of carbonyl (C=O) groups excluding carboxylic acids is 1. The van der Waals surface area contributed by atoms with Gasteiger partial charge in [0.25, 0.3) is 5.91 Å². The number of halogens is 1. The second-order valence-electron chi connectivity index (χ2n) is 4.86. The molecule has 0 aromatic heterocycles. The number of amides is 1. The summed E-state index contributed by atoms with van der Waals surface area (Å²) in [5.41, 5.74) is 6.16. The molecule has 0 aliphatic heterocycles. The molecule has 0 bridgehead atoms. The first-order valence-corrected chi connectivity index (χ1v) is 6.91. The fraction of sp³-hybridized carbons (Fsp3) is 0.533. The molecule has 1 aromatic carbocycles. The van der Waals surface area contributed by atoms with Crippen LogP contribution in [0.25, 0.3) is 0 Å². The molecule has 1 amide bonds. The lowest BCUT2D eigenvalue weighted by molar-refractivity contribution is 0.0946. The second kappa shape index (κ2) is 7.77. The van der Waals surface area contributed by atoms with Crippen LogP contribution in [0.4, 0.5) is 10.1 Å². The summed E-state index contributed by atoms with van der Waals surface area (Å²) in [5.74, 6) is -0.165. The number of unbranched alkanes of at least 4 members (excludes halogenated alkanes) is 1. The highest BCUT2D eigenvalue weighted by Gasteiger charge is 2.12. The van der Waals surface area contributed by atoms with Crippen LogP contribution >= 0.6 is 0 Å². The van der Waals surface area contributed by atoms with Crippen LogP contribution in [0.1, 0.15) is 49.9 Å². The highest BCUT2D eigenvalue weighted by Crippen LogP contribution is 2.15. The van der Waals surface area contributed by atoms with Gasteiger partial charge in [0.2, 0.25) is 0 Å². The predicted octanol–water partition coefficient (Wildman–Crippen LogP) is 3.35.